The van der Waals surface area contributed by atoms with E-state index in [1.165, 1.54) is 5.56 Å². The first-order chi connectivity index (χ1) is 9.43. The Labute approximate surface area is 138 Å². The summed E-state index contributed by atoms with van der Waals surface area (Å²) < 4.78 is 15.0. The van der Waals surface area contributed by atoms with Crippen molar-refractivity contribution in [2.45, 2.75) is 6.92 Å². The van der Waals surface area contributed by atoms with E-state index in [0.717, 1.165) is 0 Å². The molecule has 0 aliphatic heterocycles. The van der Waals surface area contributed by atoms with Gasteiger partial charge in [-0.3, -0.25) is 0 Å². The van der Waals surface area contributed by atoms with Gasteiger partial charge in [0.15, 0.2) is 0 Å². The van der Waals surface area contributed by atoms with Crippen LogP contribution in [0.4, 0.5) is 0 Å². The largest absolute Gasteiger partial charge is 2.00 e. The molecule has 1 aromatic carbocycles. The van der Waals surface area contributed by atoms with E-state index < -0.39 is 0 Å². The maximum absolute atomic E-state index is 7.50. The van der Waals surface area contributed by atoms with Crippen LogP contribution >= 0.6 is 0 Å². The molecule has 0 aromatic heterocycles. The predicted molar refractivity (Wildman–Crippen MR) is 73.5 cm³/mol. The topological polar surface area (TPSA) is 39.8 Å². The molecule has 1 aromatic rings. The van der Waals surface area contributed by atoms with Crippen molar-refractivity contribution < 1.29 is 30.4 Å². The standard InChI is InChI=1S/C10H11.C5H5.2CO.Mo/c1-2-3-7-10-8-5-4-6-9-10;1-2-4-5-3-1;2*1-2;/h2-9H,1H3;1-5H;;;/q;;;;+2. The molecule has 0 N–H and O–H groups in total. The van der Waals surface area contributed by atoms with Crippen molar-refractivity contribution in [1.29, 1.82) is 0 Å². The van der Waals surface area contributed by atoms with Gasteiger partial charge in [0.25, 0.3) is 0 Å². The Balaban J connectivity index is -0.000000246. The van der Waals surface area contributed by atoms with Crippen LogP contribution in [0.15, 0.2) is 30.3 Å². The molecule has 0 saturated heterocycles. The predicted octanol–water partition coefficient (Wildman–Crippen LogP) is 3.61. The fourth-order valence-corrected chi connectivity index (χ4v) is 1.09. The second-order valence-electron chi connectivity index (χ2n) is 3.07. The zero-order valence-electron chi connectivity index (χ0n) is 11.2. The molecule has 20 heavy (non-hydrogen) atoms. The SMILES string of the molecule is C[CH][CH][CH]c1ccccc1.[C-]#[O+].[C-]#[O+].[CH]1[CH][CH][CH][CH]1.[Mo+2]. The minimum absolute atomic E-state index is 0. The maximum atomic E-state index is 7.50. The van der Waals surface area contributed by atoms with Gasteiger partial charge in [-0.15, -0.1) is 0 Å². The summed E-state index contributed by atoms with van der Waals surface area (Å²) in [6, 6.07) is 10.3. The first kappa shape index (κ1) is 24.4. The zero-order chi connectivity index (χ0) is 14.8. The average molecular weight is 348 g/mol. The summed E-state index contributed by atoms with van der Waals surface area (Å²) in [7, 11) is 0. The molecule has 2 rings (SSSR count). The molecule has 0 bridgehead atoms. The van der Waals surface area contributed by atoms with Gasteiger partial charge in [0, 0.05) is 0 Å². The summed E-state index contributed by atoms with van der Waals surface area (Å²) in [5.41, 5.74) is 1.25. The Morgan fingerprint density at radius 2 is 1.20 bits per heavy atom. The van der Waals surface area contributed by atoms with Crippen LogP contribution in [-0.2, 0) is 30.4 Å². The number of benzene rings is 1. The molecule has 0 atom stereocenters. The Bertz CT molecular complexity index is 289. The quantitative estimate of drug-likeness (QED) is 0.455. The molecule has 1 aliphatic rings. The fraction of sp³-hybridized carbons (Fsp3) is 0.0588. The molecule has 1 fully saturated rings. The summed E-state index contributed by atoms with van der Waals surface area (Å²) in [6.45, 7) is 11.0. The second-order valence-corrected chi connectivity index (χ2v) is 3.07. The molecule has 0 unspecified atom stereocenters. The minimum Gasteiger partial charge on any atom is -0.0312 e. The van der Waals surface area contributed by atoms with E-state index in [9.17, 15) is 0 Å². The number of unbranched alkanes of at least 4 members (excludes halogenated alkanes) is 1. The van der Waals surface area contributed by atoms with E-state index in [1.807, 2.05) is 70.1 Å². The van der Waals surface area contributed by atoms with Gasteiger partial charge >= 0.3 is 43.7 Å². The maximum Gasteiger partial charge on any atom is 2.00 e. The Morgan fingerprint density at radius 1 is 0.800 bits per heavy atom. The van der Waals surface area contributed by atoms with Crippen molar-refractivity contribution in [3.8, 4) is 0 Å². The third-order valence-corrected chi connectivity index (χ3v) is 1.84. The Morgan fingerprint density at radius 3 is 1.55 bits per heavy atom. The molecule has 100 valence electrons. The first-order valence-corrected chi connectivity index (χ1v) is 5.52. The van der Waals surface area contributed by atoms with Crippen molar-refractivity contribution in [2.24, 2.45) is 0 Å². The summed E-state index contributed by atoms with van der Waals surface area (Å²) in [6.07, 6.45) is 16.1. The smallest absolute Gasteiger partial charge is 0.0312 e. The minimum atomic E-state index is 0. The number of hydrogen-bond donors (Lipinski definition) is 0. The van der Waals surface area contributed by atoms with E-state index in [-0.39, 0.29) is 21.1 Å². The van der Waals surface area contributed by atoms with E-state index >= 15 is 0 Å². The molecular weight excluding hydrogens is 332 g/mol. The van der Waals surface area contributed by atoms with Crippen molar-refractivity contribution in [2.75, 3.05) is 0 Å². The van der Waals surface area contributed by atoms with Crippen LogP contribution < -0.4 is 0 Å². The monoisotopic (exact) mass is 350 g/mol. The number of hydrogen-bond acceptors (Lipinski definition) is 0. The number of rotatable bonds is 3. The molecule has 1 saturated carbocycles. The van der Waals surface area contributed by atoms with Gasteiger partial charge in [0.2, 0.25) is 0 Å². The summed E-state index contributed by atoms with van der Waals surface area (Å²) in [4.78, 5) is 0. The van der Waals surface area contributed by atoms with Crippen LogP contribution in [0.1, 0.15) is 12.5 Å². The summed E-state index contributed by atoms with van der Waals surface area (Å²) in [5.74, 6) is 0. The van der Waals surface area contributed by atoms with E-state index in [0.29, 0.717) is 0 Å². The van der Waals surface area contributed by atoms with Crippen LogP contribution in [0.25, 0.3) is 0 Å². The molecule has 1 aliphatic carbocycles. The second kappa shape index (κ2) is 23.5. The van der Waals surface area contributed by atoms with Gasteiger partial charge in [-0.2, -0.15) is 0 Å². The van der Waals surface area contributed by atoms with Gasteiger partial charge in [-0.1, -0.05) is 37.3 Å². The third-order valence-electron chi connectivity index (χ3n) is 1.84. The summed E-state index contributed by atoms with van der Waals surface area (Å²) >= 11 is 0. The molecule has 0 heterocycles. The van der Waals surface area contributed by atoms with Crippen molar-refractivity contribution >= 4 is 0 Å². The molecule has 2 nitrogen and oxygen atoms in total. The van der Waals surface area contributed by atoms with Crippen LogP contribution in [0.5, 0.6) is 0 Å². The van der Waals surface area contributed by atoms with Crippen LogP contribution in [0.2, 0.25) is 0 Å². The van der Waals surface area contributed by atoms with Crippen molar-refractivity contribution in [3.63, 3.8) is 0 Å². The zero-order valence-corrected chi connectivity index (χ0v) is 13.2. The van der Waals surface area contributed by atoms with Gasteiger partial charge < -0.3 is 0 Å². The van der Waals surface area contributed by atoms with Gasteiger partial charge in [-0.25, -0.2) is 0 Å². The van der Waals surface area contributed by atoms with E-state index in [2.05, 4.69) is 31.9 Å². The van der Waals surface area contributed by atoms with Crippen LogP contribution in [0, 0.1) is 64.7 Å². The fourth-order valence-electron chi connectivity index (χ4n) is 1.09. The Kier molecular flexibility index (Phi) is 28.7. The molecule has 0 spiro atoms. The summed E-state index contributed by atoms with van der Waals surface area (Å²) in [5, 5.41) is 0. The Hall–Kier alpha value is -0.612. The normalized spacial score (nSPS) is 11.1. The molecular formula is C17H16MoO2+2. The van der Waals surface area contributed by atoms with E-state index in [1.54, 1.807) is 0 Å². The molecule has 3 heteroatoms. The van der Waals surface area contributed by atoms with Gasteiger partial charge in [0.1, 0.15) is 0 Å². The van der Waals surface area contributed by atoms with Crippen LogP contribution in [-0.4, -0.2) is 0 Å². The molecule has 0 amide bonds. The van der Waals surface area contributed by atoms with Gasteiger partial charge in [-0.05, 0) is 56.9 Å². The van der Waals surface area contributed by atoms with Gasteiger partial charge in [0.05, 0.1) is 0 Å². The van der Waals surface area contributed by atoms with E-state index in [4.69, 9.17) is 9.30 Å². The van der Waals surface area contributed by atoms with Crippen LogP contribution in [0.3, 0.4) is 0 Å². The first-order valence-electron chi connectivity index (χ1n) is 5.52. The van der Waals surface area contributed by atoms with Crippen molar-refractivity contribution in [1.82, 2.24) is 0 Å². The van der Waals surface area contributed by atoms with Crippen molar-refractivity contribution in [3.05, 3.63) is 101 Å². The third kappa shape index (κ3) is 17.4. The molecule has 8 radical (unpaired) electrons. The average Bonchev–Trinajstić information content (AvgIpc) is 3.10.